The first-order valence-electron chi connectivity index (χ1n) is 5.66. The minimum Gasteiger partial charge on any atom is -0.377 e. The Balaban J connectivity index is 1.98. The largest absolute Gasteiger partial charge is 0.377 e. The molecule has 1 aromatic rings. The molecule has 0 spiro atoms. The zero-order valence-corrected chi connectivity index (χ0v) is 9.22. The summed E-state index contributed by atoms with van der Waals surface area (Å²) in [6, 6.07) is 4.13. The molecular formula is C12H18N2O. The molecule has 0 aromatic carbocycles. The van der Waals surface area contributed by atoms with Gasteiger partial charge in [0.15, 0.2) is 0 Å². The fourth-order valence-corrected chi connectivity index (χ4v) is 2.10. The second-order valence-electron chi connectivity index (χ2n) is 3.87. The lowest BCUT2D eigenvalue weighted by Gasteiger charge is -2.34. The number of ether oxygens (including phenoxy) is 1. The van der Waals surface area contributed by atoms with Crippen molar-refractivity contribution in [2.45, 2.75) is 25.9 Å². The molecule has 1 fully saturated rings. The Kier molecular flexibility index (Phi) is 3.56. The van der Waals surface area contributed by atoms with Gasteiger partial charge in [0.1, 0.15) is 0 Å². The maximum atomic E-state index is 5.68. The standard InChI is InChI=1S/C12H18N2O/c1-2-15-12-4-3-9-14(10-12)11-5-7-13-8-6-11/h5-8,12H,2-4,9-10H2,1H3. The summed E-state index contributed by atoms with van der Waals surface area (Å²) in [5, 5.41) is 0. The fourth-order valence-electron chi connectivity index (χ4n) is 2.10. The molecular weight excluding hydrogens is 188 g/mol. The molecule has 82 valence electrons. The van der Waals surface area contributed by atoms with E-state index in [2.05, 4.69) is 28.9 Å². The molecule has 0 N–H and O–H groups in total. The van der Waals surface area contributed by atoms with E-state index in [1.807, 2.05) is 12.4 Å². The zero-order chi connectivity index (χ0) is 10.5. The summed E-state index contributed by atoms with van der Waals surface area (Å²) in [5.74, 6) is 0. The molecule has 15 heavy (non-hydrogen) atoms. The summed E-state index contributed by atoms with van der Waals surface area (Å²) in [6.07, 6.45) is 6.50. The van der Waals surface area contributed by atoms with Crippen molar-refractivity contribution in [3.05, 3.63) is 24.5 Å². The number of hydrogen-bond donors (Lipinski definition) is 0. The van der Waals surface area contributed by atoms with Gasteiger partial charge in [-0.05, 0) is 31.9 Å². The van der Waals surface area contributed by atoms with Gasteiger partial charge in [-0.2, -0.15) is 0 Å². The van der Waals surface area contributed by atoms with Gasteiger partial charge < -0.3 is 9.64 Å². The van der Waals surface area contributed by atoms with Crippen molar-refractivity contribution < 1.29 is 4.74 Å². The van der Waals surface area contributed by atoms with Gasteiger partial charge in [0.2, 0.25) is 0 Å². The van der Waals surface area contributed by atoms with Gasteiger partial charge in [-0.15, -0.1) is 0 Å². The topological polar surface area (TPSA) is 25.4 Å². The summed E-state index contributed by atoms with van der Waals surface area (Å²) in [7, 11) is 0. The van der Waals surface area contributed by atoms with Crippen LogP contribution in [0.4, 0.5) is 5.69 Å². The van der Waals surface area contributed by atoms with Crippen LogP contribution >= 0.6 is 0 Å². The number of rotatable bonds is 3. The van der Waals surface area contributed by atoms with E-state index in [4.69, 9.17) is 4.74 Å². The third-order valence-electron chi connectivity index (χ3n) is 2.81. The molecule has 1 saturated heterocycles. The van der Waals surface area contributed by atoms with Crippen LogP contribution < -0.4 is 4.90 Å². The maximum absolute atomic E-state index is 5.68. The molecule has 1 atom stereocenters. The minimum absolute atomic E-state index is 0.400. The molecule has 2 heterocycles. The van der Waals surface area contributed by atoms with Crippen LogP contribution in [0.1, 0.15) is 19.8 Å². The molecule has 1 aliphatic heterocycles. The van der Waals surface area contributed by atoms with Crippen molar-refractivity contribution in [1.82, 2.24) is 4.98 Å². The highest BCUT2D eigenvalue weighted by atomic mass is 16.5. The molecule has 0 amide bonds. The Morgan fingerprint density at radius 1 is 1.47 bits per heavy atom. The Bertz CT molecular complexity index is 287. The number of nitrogens with zero attached hydrogens (tertiary/aromatic N) is 2. The highest BCUT2D eigenvalue weighted by molar-refractivity contribution is 5.45. The minimum atomic E-state index is 0.400. The first-order valence-corrected chi connectivity index (χ1v) is 5.66. The fraction of sp³-hybridized carbons (Fsp3) is 0.583. The first-order chi connectivity index (χ1) is 7.40. The Labute approximate surface area is 91.1 Å². The van der Waals surface area contributed by atoms with Gasteiger partial charge in [-0.25, -0.2) is 0 Å². The maximum Gasteiger partial charge on any atom is 0.0750 e. The normalized spacial score (nSPS) is 21.7. The molecule has 3 heteroatoms. The lowest BCUT2D eigenvalue weighted by Crippen LogP contribution is -2.39. The van der Waals surface area contributed by atoms with Gasteiger partial charge in [0.05, 0.1) is 6.10 Å². The molecule has 0 aliphatic carbocycles. The molecule has 1 aliphatic rings. The van der Waals surface area contributed by atoms with Crippen LogP contribution in [0.5, 0.6) is 0 Å². The van der Waals surface area contributed by atoms with Crippen LogP contribution in [0.3, 0.4) is 0 Å². The van der Waals surface area contributed by atoms with Crippen molar-refractivity contribution in [1.29, 1.82) is 0 Å². The van der Waals surface area contributed by atoms with E-state index in [-0.39, 0.29) is 0 Å². The average molecular weight is 206 g/mol. The van der Waals surface area contributed by atoms with E-state index in [1.54, 1.807) is 0 Å². The Hall–Kier alpha value is -1.09. The lowest BCUT2D eigenvalue weighted by molar-refractivity contribution is 0.0527. The van der Waals surface area contributed by atoms with Crippen molar-refractivity contribution in [3.63, 3.8) is 0 Å². The van der Waals surface area contributed by atoms with E-state index in [9.17, 15) is 0 Å². The first kappa shape index (κ1) is 10.4. The van der Waals surface area contributed by atoms with E-state index in [0.717, 1.165) is 19.7 Å². The van der Waals surface area contributed by atoms with Gasteiger partial charge in [-0.1, -0.05) is 0 Å². The van der Waals surface area contributed by atoms with Crippen LogP contribution in [-0.2, 0) is 4.74 Å². The van der Waals surface area contributed by atoms with Gasteiger partial charge >= 0.3 is 0 Å². The number of pyridine rings is 1. The monoisotopic (exact) mass is 206 g/mol. The number of hydrogen-bond acceptors (Lipinski definition) is 3. The smallest absolute Gasteiger partial charge is 0.0750 e. The number of piperidine rings is 1. The Morgan fingerprint density at radius 3 is 3.00 bits per heavy atom. The number of aromatic nitrogens is 1. The lowest BCUT2D eigenvalue weighted by atomic mass is 10.1. The van der Waals surface area contributed by atoms with Crippen LogP contribution in [0.25, 0.3) is 0 Å². The van der Waals surface area contributed by atoms with E-state index >= 15 is 0 Å². The highest BCUT2D eigenvalue weighted by Gasteiger charge is 2.19. The van der Waals surface area contributed by atoms with Gasteiger partial charge in [-0.3, -0.25) is 4.98 Å². The molecule has 3 nitrogen and oxygen atoms in total. The van der Waals surface area contributed by atoms with Crippen molar-refractivity contribution in [3.8, 4) is 0 Å². The third kappa shape index (κ3) is 2.69. The summed E-state index contributed by atoms with van der Waals surface area (Å²) in [4.78, 5) is 6.42. The quantitative estimate of drug-likeness (QED) is 0.757. The summed E-state index contributed by atoms with van der Waals surface area (Å²) < 4.78 is 5.68. The van der Waals surface area contributed by atoms with Crippen molar-refractivity contribution in [2.24, 2.45) is 0 Å². The van der Waals surface area contributed by atoms with E-state index in [1.165, 1.54) is 18.5 Å². The van der Waals surface area contributed by atoms with Crippen molar-refractivity contribution >= 4 is 5.69 Å². The highest BCUT2D eigenvalue weighted by Crippen LogP contribution is 2.20. The zero-order valence-electron chi connectivity index (χ0n) is 9.22. The van der Waals surface area contributed by atoms with Crippen LogP contribution in [0.2, 0.25) is 0 Å². The number of anilines is 1. The predicted octanol–water partition coefficient (Wildman–Crippen LogP) is 2.09. The van der Waals surface area contributed by atoms with Crippen LogP contribution in [-0.4, -0.2) is 30.8 Å². The van der Waals surface area contributed by atoms with Crippen molar-refractivity contribution in [2.75, 3.05) is 24.6 Å². The third-order valence-corrected chi connectivity index (χ3v) is 2.81. The Morgan fingerprint density at radius 2 is 2.27 bits per heavy atom. The molecule has 0 radical (unpaired) electrons. The second kappa shape index (κ2) is 5.12. The van der Waals surface area contributed by atoms with Gasteiger partial charge in [0.25, 0.3) is 0 Å². The predicted molar refractivity (Wildman–Crippen MR) is 61.1 cm³/mol. The SMILES string of the molecule is CCOC1CCCN(c2ccncc2)C1. The summed E-state index contributed by atoms with van der Waals surface area (Å²) >= 11 is 0. The van der Waals surface area contributed by atoms with E-state index < -0.39 is 0 Å². The average Bonchev–Trinajstić information content (AvgIpc) is 2.31. The summed E-state index contributed by atoms with van der Waals surface area (Å²) in [5.41, 5.74) is 1.26. The molecule has 1 unspecified atom stereocenters. The second-order valence-corrected chi connectivity index (χ2v) is 3.87. The van der Waals surface area contributed by atoms with Crippen LogP contribution in [0.15, 0.2) is 24.5 Å². The van der Waals surface area contributed by atoms with Crippen LogP contribution in [0, 0.1) is 0 Å². The van der Waals surface area contributed by atoms with E-state index in [0.29, 0.717) is 6.10 Å². The molecule has 0 bridgehead atoms. The molecule has 2 rings (SSSR count). The van der Waals surface area contributed by atoms with Gasteiger partial charge in [0, 0.05) is 37.8 Å². The summed E-state index contributed by atoms with van der Waals surface area (Å²) in [6.45, 7) is 5.02. The molecule has 1 aromatic heterocycles. The molecule has 0 saturated carbocycles.